The first kappa shape index (κ1) is 19.9. The Hall–Kier alpha value is -3.42. The summed E-state index contributed by atoms with van der Waals surface area (Å²) in [6, 6.07) is 13.6. The third kappa shape index (κ3) is 6.77. The maximum Gasteiger partial charge on any atom is 0.306 e. The van der Waals surface area contributed by atoms with Crippen molar-refractivity contribution in [2.45, 2.75) is 19.8 Å². The van der Waals surface area contributed by atoms with E-state index in [-0.39, 0.29) is 17.8 Å². The lowest BCUT2D eigenvalue weighted by Gasteiger charge is -2.08. The molecular weight excluding hydrogens is 352 g/mol. The summed E-state index contributed by atoms with van der Waals surface area (Å²) in [7, 11) is 0. The molecule has 0 bridgehead atoms. The van der Waals surface area contributed by atoms with Crippen LogP contribution in [-0.2, 0) is 14.3 Å². The molecule has 0 atom stereocenters. The van der Waals surface area contributed by atoms with Crippen LogP contribution in [0.1, 0.15) is 18.4 Å². The smallest absolute Gasteiger partial charge is 0.306 e. The first-order valence-corrected chi connectivity index (χ1v) is 8.34. The van der Waals surface area contributed by atoms with E-state index >= 15 is 0 Å². The highest BCUT2D eigenvalue weighted by Crippen LogP contribution is 2.22. The lowest BCUT2D eigenvalue weighted by atomic mass is 10.2. The predicted octanol–water partition coefficient (Wildman–Crippen LogP) is 3.24. The van der Waals surface area contributed by atoms with Crippen LogP contribution in [0.25, 0.3) is 0 Å². The quantitative estimate of drug-likeness (QED) is 0.313. The van der Waals surface area contributed by atoms with E-state index in [2.05, 4.69) is 5.32 Å². The van der Waals surface area contributed by atoms with Crippen LogP contribution in [0.15, 0.2) is 48.5 Å². The van der Waals surface area contributed by atoms with Crippen molar-refractivity contribution in [3.63, 3.8) is 0 Å². The fraction of sp³-hybridized carbons (Fsp3) is 0.263. The Kier molecular flexibility index (Phi) is 7.30. The first-order chi connectivity index (χ1) is 13.0. The number of rotatable bonds is 9. The molecule has 2 aromatic carbocycles. The number of hydrogen-bond donors (Lipinski definition) is 1. The van der Waals surface area contributed by atoms with Gasteiger partial charge >= 0.3 is 5.97 Å². The van der Waals surface area contributed by atoms with Crippen LogP contribution in [0, 0.1) is 17.0 Å². The van der Waals surface area contributed by atoms with Gasteiger partial charge in [0.2, 0.25) is 0 Å². The fourth-order valence-corrected chi connectivity index (χ4v) is 2.22. The van der Waals surface area contributed by atoms with Crippen molar-refractivity contribution in [3.8, 4) is 5.75 Å². The summed E-state index contributed by atoms with van der Waals surface area (Å²) in [5.41, 5.74) is 0.662. The van der Waals surface area contributed by atoms with Crippen molar-refractivity contribution in [2.75, 3.05) is 18.5 Å². The van der Waals surface area contributed by atoms with Gasteiger partial charge in [-0.25, -0.2) is 0 Å². The van der Waals surface area contributed by atoms with Crippen molar-refractivity contribution in [1.29, 1.82) is 0 Å². The molecular formula is C19H20N2O6. The molecule has 2 aromatic rings. The van der Waals surface area contributed by atoms with Crippen LogP contribution >= 0.6 is 0 Å². The SMILES string of the molecule is Cc1ccc(NC(=O)COC(=O)CCCOc2ccccc2)cc1[N+](=O)[O-]. The number of nitrogens with one attached hydrogen (secondary N) is 1. The highest BCUT2D eigenvalue weighted by molar-refractivity contribution is 5.93. The summed E-state index contributed by atoms with van der Waals surface area (Å²) in [4.78, 5) is 33.8. The average molecular weight is 372 g/mol. The molecule has 27 heavy (non-hydrogen) atoms. The monoisotopic (exact) mass is 372 g/mol. The number of para-hydroxylation sites is 1. The van der Waals surface area contributed by atoms with E-state index < -0.39 is 23.4 Å². The molecule has 0 aliphatic carbocycles. The molecule has 0 aliphatic heterocycles. The van der Waals surface area contributed by atoms with Gasteiger partial charge < -0.3 is 14.8 Å². The number of benzene rings is 2. The highest BCUT2D eigenvalue weighted by Gasteiger charge is 2.13. The summed E-state index contributed by atoms with van der Waals surface area (Å²) in [6.45, 7) is 1.51. The molecule has 0 saturated carbocycles. The van der Waals surface area contributed by atoms with Crippen molar-refractivity contribution < 1.29 is 24.0 Å². The Morgan fingerprint density at radius 2 is 1.89 bits per heavy atom. The minimum atomic E-state index is -0.568. The Balaban J connectivity index is 1.68. The second kappa shape index (κ2) is 9.91. The van der Waals surface area contributed by atoms with Gasteiger partial charge in [0.05, 0.1) is 11.5 Å². The number of esters is 1. The number of hydrogen-bond acceptors (Lipinski definition) is 6. The van der Waals surface area contributed by atoms with Crippen molar-refractivity contribution in [2.24, 2.45) is 0 Å². The molecule has 0 aliphatic rings. The Bertz CT molecular complexity index is 807. The molecule has 8 nitrogen and oxygen atoms in total. The normalized spacial score (nSPS) is 10.1. The molecule has 2 rings (SSSR count). The van der Waals surface area contributed by atoms with Crippen LogP contribution < -0.4 is 10.1 Å². The van der Waals surface area contributed by atoms with Gasteiger partial charge in [0.25, 0.3) is 11.6 Å². The first-order valence-electron chi connectivity index (χ1n) is 8.34. The maximum atomic E-state index is 11.8. The molecule has 0 aromatic heterocycles. The van der Waals surface area contributed by atoms with Crippen LogP contribution in [0.2, 0.25) is 0 Å². The van der Waals surface area contributed by atoms with E-state index in [0.29, 0.717) is 18.6 Å². The molecule has 0 saturated heterocycles. The lowest BCUT2D eigenvalue weighted by molar-refractivity contribution is -0.385. The van der Waals surface area contributed by atoms with Gasteiger partial charge in [-0.1, -0.05) is 24.3 Å². The van der Waals surface area contributed by atoms with E-state index in [9.17, 15) is 19.7 Å². The van der Waals surface area contributed by atoms with Crippen molar-refractivity contribution >= 4 is 23.3 Å². The van der Waals surface area contributed by atoms with E-state index in [4.69, 9.17) is 9.47 Å². The van der Waals surface area contributed by atoms with Crippen LogP contribution in [0.5, 0.6) is 5.75 Å². The molecule has 8 heteroatoms. The van der Waals surface area contributed by atoms with Gasteiger partial charge in [0, 0.05) is 23.7 Å². The summed E-state index contributed by atoms with van der Waals surface area (Å²) in [6.07, 6.45) is 0.579. The zero-order valence-electron chi connectivity index (χ0n) is 14.8. The van der Waals surface area contributed by atoms with Crippen LogP contribution in [0.3, 0.4) is 0 Å². The Morgan fingerprint density at radius 3 is 2.59 bits per heavy atom. The third-order valence-corrected chi connectivity index (χ3v) is 3.59. The molecule has 0 spiro atoms. The predicted molar refractivity (Wildman–Crippen MR) is 98.6 cm³/mol. The molecule has 0 heterocycles. The molecule has 1 amide bonds. The minimum absolute atomic E-state index is 0.0942. The average Bonchev–Trinajstić information content (AvgIpc) is 2.66. The molecule has 142 valence electrons. The van der Waals surface area contributed by atoms with E-state index in [1.54, 1.807) is 13.0 Å². The van der Waals surface area contributed by atoms with Gasteiger partial charge in [0.1, 0.15) is 5.75 Å². The van der Waals surface area contributed by atoms with Crippen LogP contribution in [-0.4, -0.2) is 30.0 Å². The van der Waals surface area contributed by atoms with Crippen LogP contribution in [0.4, 0.5) is 11.4 Å². The van der Waals surface area contributed by atoms with Crippen molar-refractivity contribution in [3.05, 3.63) is 64.2 Å². The van der Waals surface area contributed by atoms with Gasteiger partial charge in [-0.05, 0) is 31.5 Å². The number of nitrogens with zero attached hydrogens (tertiary/aromatic N) is 1. The van der Waals surface area contributed by atoms with Gasteiger partial charge in [-0.3, -0.25) is 19.7 Å². The Labute approximate surface area is 156 Å². The second-order valence-corrected chi connectivity index (χ2v) is 5.73. The topological polar surface area (TPSA) is 108 Å². The summed E-state index contributed by atoms with van der Waals surface area (Å²) in [5, 5.41) is 13.4. The molecule has 1 N–H and O–H groups in total. The van der Waals surface area contributed by atoms with Gasteiger partial charge in [-0.2, -0.15) is 0 Å². The number of amides is 1. The van der Waals surface area contributed by atoms with Crippen molar-refractivity contribution in [1.82, 2.24) is 0 Å². The lowest BCUT2D eigenvalue weighted by Crippen LogP contribution is -2.21. The van der Waals surface area contributed by atoms with Gasteiger partial charge in [-0.15, -0.1) is 0 Å². The second-order valence-electron chi connectivity index (χ2n) is 5.73. The number of nitro benzene ring substituents is 1. The minimum Gasteiger partial charge on any atom is -0.494 e. The number of carbonyl (C=O) groups excluding carboxylic acids is 2. The summed E-state index contributed by atoms with van der Waals surface area (Å²) < 4.78 is 10.3. The molecule has 0 fully saturated rings. The number of ether oxygens (including phenoxy) is 2. The van der Waals surface area contributed by atoms with E-state index in [0.717, 1.165) is 5.75 Å². The summed E-state index contributed by atoms with van der Waals surface area (Å²) in [5.74, 6) is -0.365. The zero-order chi connectivity index (χ0) is 19.6. The summed E-state index contributed by atoms with van der Waals surface area (Å²) >= 11 is 0. The number of anilines is 1. The molecule has 0 unspecified atom stereocenters. The highest BCUT2D eigenvalue weighted by atomic mass is 16.6. The largest absolute Gasteiger partial charge is 0.494 e. The number of carbonyl (C=O) groups is 2. The number of nitro groups is 1. The number of aryl methyl sites for hydroxylation is 1. The zero-order valence-corrected chi connectivity index (χ0v) is 14.8. The maximum absolute atomic E-state index is 11.8. The van der Waals surface area contributed by atoms with Gasteiger partial charge in [0.15, 0.2) is 6.61 Å². The van der Waals surface area contributed by atoms with E-state index in [1.165, 1.54) is 12.1 Å². The Morgan fingerprint density at radius 1 is 1.15 bits per heavy atom. The fourth-order valence-electron chi connectivity index (χ4n) is 2.22. The third-order valence-electron chi connectivity index (χ3n) is 3.59. The van der Waals surface area contributed by atoms with E-state index in [1.807, 2.05) is 30.3 Å². The standard InChI is InChI=1S/C19H20N2O6/c1-14-9-10-15(12-17(14)21(24)25)20-18(22)13-27-19(23)8-5-11-26-16-6-3-2-4-7-16/h2-4,6-7,9-10,12H,5,8,11,13H2,1H3,(H,20,22). The molecule has 0 radical (unpaired) electrons.